The van der Waals surface area contributed by atoms with Crippen molar-refractivity contribution in [3.8, 4) is 0 Å². The Kier molecular flexibility index (Phi) is 3.91. The fourth-order valence-electron chi connectivity index (χ4n) is 2.59. The zero-order valence-corrected chi connectivity index (χ0v) is 13.5. The third-order valence-corrected chi connectivity index (χ3v) is 6.70. The highest BCUT2D eigenvalue weighted by atomic mass is 32.2. The summed E-state index contributed by atoms with van der Waals surface area (Å²) < 4.78 is 29.0. The van der Waals surface area contributed by atoms with Gasteiger partial charge in [0, 0.05) is 24.7 Å². The van der Waals surface area contributed by atoms with Crippen molar-refractivity contribution in [1.82, 2.24) is 13.7 Å². The predicted molar refractivity (Wildman–Crippen MR) is 82.7 cm³/mol. The lowest BCUT2D eigenvalue weighted by Crippen LogP contribution is -2.38. The first kappa shape index (κ1) is 14.8. The lowest BCUT2D eigenvalue weighted by molar-refractivity contribution is 0.249. The van der Waals surface area contributed by atoms with Crippen molar-refractivity contribution < 1.29 is 8.42 Å². The largest absolute Gasteiger partial charge is 0.306 e. The maximum Gasteiger partial charge on any atom is 0.262 e. The van der Waals surface area contributed by atoms with Gasteiger partial charge >= 0.3 is 0 Å². The molecular formula is C12H19N5O2S2. The number of nitrogens with zero attached hydrogens (tertiary/aromatic N) is 3. The van der Waals surface area contributed by atoms with E-state index in [-0.39, 0.29) is 10.8 Å². The average molecular weight is 329 g/mol. The normalized spacial score (nSPS) is 16.5. The zero-order chi connectivity index (χ0) is 15.0. The molecule has 0 spiro atoms. The second-order valence-corrected chi connectivity index (χ2v) is 7.94. The summed E-state index contributed by atoms with van der Waals surface area (Å²) in [5.41, 5.74) is 2.41. The van der Waals surface area contributed by atoms with Crippen LogP contribution in [0, 0.1) is 5.92 Å². The number of aromatic nitrogens is 2. The molecule has 0 atom stereocenters. The zero-order valence-electron chi connectivity index (χ0n) is 11.8. The number of thiazole rings is 1. The van der Waals surface area contributed by atoms with Gasteiger partial charge in [0.2, 0.25) is 5.03 Å². The third-order valence-electron chi connectivity index (χ3n) is 3.98. The van der Waals surface area contributed by atoms with Gasteiger partial charge in [-0.05, 0) is 18.8 Å². The Labute approximate surface area is 127 Å². The molecule has 2 aromatic heterocycles. The van der Waals surface area contributed by atoms with Gasteiger partial charge in [-0.1, -0.05) is 13.3 Å². The van der Waals surface area contributed by atoms with E-state index in [2.05, 4.69) is 10.4 Å². The van der Waals surface area contributed by atoms with Crippen LogP contribution in [0.15, 0.2) is 16.6 Å². The Morgan fingerprint density at radius 3 is 2.90 bits per heavy atom. The van der Waals surface area contributed by atoms with Gasteiger partial charge in [-0.25, -0.2) is 14.3 Å². The first-order valence-electron chi connectivity index (χ1n) is 7.00. The van der Waals surface area contributed by atoms with Gasteiger partial charge in [0.05, 0.1) is 0 Å². The van der Waals surface area contributed by atoms with E-state index in [1.54, 1.807) is 10.6 Å². The summed E-state index contributed by atoms with van der Waals surface area (Å²) in [6.45, 7) is 2.87. The summed E-state index contributed by atoms with van der Waals surface area (Å²) in [4.78, 5) is 4.84. The van der Waals surface area contributed by atoms with Gasteiger partial charge < -0.3 is 5.43 Å². The number of nitrogens with one attached hydrogen (secondary N) is 1. The SMILES string of the molecule is CCN(CC1CCC1)S(=O)(=O)c1c(NN)nc2sccn12. The van der Waals surface area contributed by atoms with Crippen LogP contribution < -0.4 is 11.3 Å². The molecule has 2 heterocycles. The second-order valence-electron chi connectivity index (χ2n) is 5.22. The molecule has 116 valence electrons. The number of hydrogen-bond acceptors (Lipinski definition) is 6. The lowest BCUT2D eigenvalue weighted by Gasteiger charge is -2.31. The Bertz CT molecular complexity index is 732. The number of nitrogen functional groups attached to an aromatic ring is 1. The van der Waals surface area contributed by atoms with E-state index in [0.717, 1.165) is 12.8 Å². The quantitative estimate of drug-likeness (QED) is 0.619. The van der Waals surface area contributed by atoms with E-state index >= 15 is 0 Å². The van der Waals surface area contributed by atoms with Crippen molar-refractivity contribution in [3.05, 3.63) is 11.6 Å². The minimum Gasteiger partial charge on any atom is -0.306 e. The van der Waals surface area contributed by atoms with Gasteiger partial charge in [-0.3, -0.25) is 4.40 Å². The maximum absolute atomic E-state index is 13.0. The molecule has 3 rings (SSSR count). The fourth-order valence-corrected chi connectivity index (χ4v) is 5.10. The minimum atomic E-state index is -3.62. The minimum absolute atomic E-state index is 0.127. The molecule has 0 unspecified atom stereocenters. The van der Waals surface area contributed by atoms with Crippen LogP contribution in [-0.4, -0.2) is 35.2 Å². The van der Waals surface area contributed by atoms with Crippen molar-refractivity contribution in [2.45, 2.75) is 31.2 Å². The number of anilines is 1. The van der Waals surface area contributed by atoms with Crippen LogP contribution in [0.2, 0.25) is 0 Å². The van der Waals surface area contributed by atoms with Gasteiger partial charge in [0.1, 0.15) is 0 Å². The molecule has 0 bridgehead atoms. The Morgan fingerprint density at radius 1 is 1.57 bits per heavy atom. The second kappa shape index (κ2) is 5.56. The van der Waals surface area contributed by atoms with E-state index in [9.17, 15) is 8.42 Å². The molecule has 0 saturated heterocycles. The molecule has 1 fully saturated rings. The molecule has 2 aromatic rings. The summed E-state index contributed by atoms with van der Waals surface area (Å²) in [6.07, 6.45) is 5.11. The molecule has 0 radical (unpaired) electrons. The lowest BCUT2D eigenvalue weighted by atomic mass is 9.85. The molecule has 0 aromatic carbocycles. The first-order valence-corrected chi connectivity index (χ1v) is 9.32. The number of sulfonamides is 1. The number of nitrogens with two attached hydrogens (primary N) is 1. The van der Waals surface area contributed by atoms with Crippen LogP contribution in [0.25, 0.3) is 4.96 Å². The van der Waals surface area contributed by atoms with Crippen molar-refractivity contribution in [2.75, 3.05) is 18.5 Å². The monoisotopic (exact) mass is 329 g/mol. The molecular weight excluding hydrogens is 310 g/mol. The summed E-state index contributed by atoms with van der Waals surface area (Å²) in [5.74, 6) is 6.12. The van der Waals surface area contributed by atoms with Crippen LogP contribution in [-0.2, 0) is 10.0 Å². The Hall–Kier alpha value is -1.16. The summed E-state index contributed by atoms with van der Waals surface area (Å²) in [6, 6.07) is 0. The number of imidazole rings is 1. The van der Waals surface area contributed by atoms with Crippen LogP contribution in [0.3, 0.4) is 0 Å². The number of hydrogen-bond donors (Lipinski definition) is 2. The number of hydrazine groups is 1. The van der Waals surface area contributed by atoms with E-state index in [0.29, 0.717) is 24.0 Å². The van der Waals surface area contributed by atoms with Gasteiger partial charge in [0.15, 0.2) is 10.8 Å². The van der Waals surface area contributed by atoms with Gasteiger partial charge in [0.25, 0.3) is 10.0 Å². The molecule has 1 saturated carbocycles. The van der Waals surface area contributed by atoms with E-state index in [4.69, 9.17) is 5.84 Å². The standard InChI is InChI=1S/C12H19N5O2S2/c1-2-16(8-9-4-3-5-9)21(18,19)11-10(15-13)14-12-17(11)6-7-20-12/h6-7,9,15H,2-5,8,13H2,1H3. The topological polar surface area (TPSA) is 92.7 Å². The van der Waals surface area contributed by atoms with Crippen LogP contribution >= 0.6 is 11.3 Å². The molecule has 0 amide bonds. The Balaban J connectivity index is 2.02. The number of fused-ring (bicyclic) bond motifs is 1. The molecule has 1 aliphatic carbocycles. The Morgan fingerprint density at radius 2 is 2.33 bits per heavy atom. The van der Waals surface area contributed by atoms with E-state index in [1.165, 1.54) is 22.1 Å². The van der Waals surface area contributed by atoms with E-state index < -0.39 is 10.0 Å². The van der Waals surface area contributed by atoms with Crippen molar-refractivity contribution >= 4 is 32.1 Å². The van der Waals surface area contributed by atoms with Crippen molar-refractivity contribution in [3.63, 3.8) is 0 Å². The highest BCUT2D eigenvalue weighted by molar-refractivity contribution is 7.89. The smallest absolute Gasteiger partial charge is 0.262 e. The predicted octanol–water partition coefficient (Wildman–Crippen LogP) is 1.49. The van der Waals surface area contributed by atoms with Crippen molar-refractivity contribution in [2.24, 2.45) is 11.8 Å². The molecule has 9 heteroatoms. The fraction of sp³-hybridized carbons (Fsp3) is 0.583. The van der Waals surface area contributed by atoms with Crippen LogP contribution in [0.1, 0.15) is 26.2 Å². The molecule has 1 aliphatic rings. The maximum atomic E-state index is 13.0. The van der Waals surface area contributed by atoms with Gasteiger partial charge in [-0.2, -0.15) is 9.29 Å². The van der Waals surface area contributed by atoms with Crippen molar-refractivity contribution in [1.29, 1.82) is 0 Å². The number of rotatable bonds is 6. The third kappa shape index (κ3) is 2.44. The van der Waals surface area contributed by atoms with Crippen LogP contribution in [0.5, 0.6) is 0 Å². The van der Waals surface area contributed by atoms with Crippen LogP contribution in [0.4, 0.5) is 5.82 Å². The highest BCUT2D eigenvalue weighted by Gasteiger charge is 2.33. The first-order chi connectivity index (χ1) is 10.1. The summed E-state index contributed by atoms with van der Waals surface area (Å²) in [5, 5.41) is 1.94. The average Bonchev–Trinajstić information content (AvgIpc) is 2.96. The van der Waals surface area contributed by atoms with E-state index in [1.807, 2.05) is 12.3 Å². The molecule has 21 heavy (non-hydrogen) atoms. The summed E-state index contributed by atoms with van der Waals surface area (Å²) in [7, 11) is -3.62. The molecule has 7 nitrogen and oxygen atoms in total. The summed E-state index contributed by atoms with van der Waals surface area (Å²) >= 11 is 1.38. The highest BCUT2D eigenvalue weighted by Crippen LogP contribution is 2.31. The molecule has 3 N–H and O–H groups in total. The molecule has 0 aliphatic heterocycles. The van der Waals surface area contributed by atoms with Gasteiger partial charge in [-0.15, -0.1) is 11.3 Å².